The molecule has 16 rings (SSSR count). The van der Waals surface area contributed by atoms with Crippen LogP contribution in [0, 0.1) is 87.9 Å². The highest BCUT2D eigenvalue weighted by atomic mass is 79.9. The summed E-state index contributed by atoms with van der Waals surface area (Å²) in [5.74, 6) is 0.403. The van der Waals surface area contributed by atoms with Crippen LogP contribution in [0.3, 0.4) is 0 Å². The molecule has 0 aromatic carbocycles. The largest absolute Gasteiger partial charge is 0.481 e. The van der Waals surface area contributed by atoms with E-state index in [-0.39, 0.29) is 93.8 Å². The Bertz CT molecular complexity index is 4690. The molecule has 26 nitrogen and oxygen atoms in total. The van der Waals surface area contributed by atoms with Crippen LogP contribution in [-0.2, 0) is 43.2 Å². The Hall–Kier alpha value is -10.9. The molecule has 4 amide bonds. The minimum atomic E-state index is -0.713. The van der Waals surface area contributed by atoms with Gasteiger partial charge in [-0.25, -0.2) is 6.57 Å². The van der Waals surface area contributed by atoms with E-state index in [0.717, 1.165) is 79.1 Å². The molecule has 4 aliphatic heterocycles. The highest BCUT2D eigenvalue weighted by Crippen LogP contribution is 2.46. The number of carboxylic acids is 1. The molecule has 104 heavy (non-hydrogen) atoms. The van der Waals surface area contributed by atoms with Gasteiger partial charge in [0.15, 0.2) is 0 Å². The lowest BCUT2D eigenvalue weighted by Gasteiger charge is -2.38. The third-order valence-corrected chi connectivity index (χ3v) is 21.2. The van der Waals surface area contributed by atoms with Crippen molar-refractivity contribution in [3.8, 4) is 51.6 Å². The number of carbonyl (C=O) groups excluding carboxylic acids is 7. The molecule has 3 atom stereocenters. The second-order valence-electron chi connectivity index (χ2n) is 29.3. The molecule has 6 aromatic rings. The summed E-state index contributed by atoms with van der Waals surface area (Å²) in [5, 5.41) is 48.6. The number of aliphatic carboxylic acids is 1. The Morgan fingerprint density at radius 3 is 1.54 bits per heavy atom. The van der Waals surface area contributed by atoms with Crippen LogP contribution in [0.25, 0.3) is 54.9 Å². The summed E-state index contributed by atoms with van der Waals surface area (Å²) in [6.07, 6.45) is 19.4. The van der Waals surface area contributed by atoms with E-state index < -0.39 is 18.1 Å². The quantitative estimate of drug-likeness (QED) is 0.0583. The average molecular weight is 1470 g/mol. The molecule has 536 valence electrons. The van der Waals surface area contributed by atoms with Gasteiger partial charge in [0.05, 0.1) is 88.9 Å². The van der Waals surface area contributed by atoms with Gasteiger partial charge in [-0.05, 0) is 53.0 Å². The Labute approximate surface area is 611 Å². The van der Waals surface area contributed by atoms with Crippen LogP contribution in [0.1, 0.15) is 159 Å². The number of carboxylic acid groups (broad SMARTS) is 1. The normalized spacial score (nSPS) is 17.3. The van der Waals surface area contributed by atoms with Gasteiger partial charge in [0.1, 0.15) is 17.4 Å². The number of hydrogen-bond donors (Lipinski definition) is 3. The molecule has 27 heteroatoms. The van der Waals surface area contributed by atoms with Crippen molar-refractivity contribution in [1.29, 1.82) is 15.8 Å². The first-order chi connectivity index (χ1) is 49.7. The molecule has 10 aliphatic rings. The summed E-state index contributed by atoms with van der Waals surface area (Å²) in [4.78, 5) is 121. The van der Waals surface area contributed by atoms with E-state index in [9.17, 15) is 38.4 Å². The number of Topliss-reactive ketones (excluding diaryl/α,β-unsaturated/α-hetero) is 3. The van der Waals surface area contributed by atoms with Gasteiger partial charge in [0.2, 0.25) is 29.3 Å². The van der Waals surface area contributed by atoms with Crippen molar-refractivity contribution in [3.63, 3.8) is 0 Å². The van der Waals surface area contributed by atoms with Crippen molar-refractivity contribution in [2.45, 2.75) is 124 Å². The van der Waals surface area contributed by atoms with Gasteiger partial charge in [0.25, 0.3) is 29.5 Å². The van der Waals surface area contributed by atoms with Crippen LogP contribution in [0.5, 0.6) is 0 Å². The fourth-order valence-corrected chi connectivity index (χ4v) is 14.4. The van der Waals surface area contributed by atoms with E-state index in [1.54, 1.807) is 53.8 Å². The number of rotatable bonds is 12. The van der Waals surface area contributed by atoms with Crippen LogP contribution in [0.4, 0.5) is 0 Å². The maximum Gasteiger partial charge on any atom is 0.303 e. The van der Waals surface area contributed by atoms with Crippen LogP contribution in [-0.4, -0.2) is 175 Å². The molecule has 0 spiro atoms. The number of alkyl halides is 1. The fraction of sp³-hybridized carbons (Fsp3) is 0.455. The van der Waals surface area contributed by atoms with E-state index in [1.807, 2.05) is 118 Å². The number of nitrogens with one attached hydrogen (secondary N) is 2. The third-order valence-electron chi connectivity index (χ3n) is 19.7. The van der Waals surface area contributed by atoms with Crippen LogP contribution in [0.15, 0.2) is 73.6 Å². The molecular weight excluding hydrogens is 1390 g/mol. The number of aromatic nitrogens is 9. The molecule has 10 heterocycles. The molecule has 0 radical (unpaired) electrons. The van der Waals surface area contributed by atoms with E-state index in [2.05, 4.69) is 74.3 Å². The maximum absolute atomic E-state index is 13.3. The van der Waals surface area contributed by atoms with Crippen molar-refractivity contribution < 1.29 is 48.1 Å². The van der Waals surface area contributed by atoms with Gasteiger partial charge in [-0.2, -0.15) is 31.1 Å². The van der Waals surface area contributed by atoms with Crippen molar-refractivity contribution in [1.82, 2.24) is 59.6 Å². The second-order valence-corrected chi connectivity index (χ2v) is 30.3. The Morgan fingerprint density at radius 1 is 0.606 bits per heavy atom. The SMILES string of the molecule is CC(C)C(Br)C(=O)N1CC(C#N)C1.CC(C)C(C(=O)N1CC(C#N)C1)n1cc2c(n1)C(=O)C1=CCc3nccc-2c31.CC(C)CC(=O)N1CC(C#N)C1.CC(C)CC(=O)O.O=C1C2=CCc3nccc(c32)-c2cn[nH]c21.[C-]#[N+]C1CN(C(=O)C(C(C)C)[n+]2[nH]cc3c2C(=O)C2=CCc4nccc-3c42)C1. The summed E-state index contributed by atoms with van der Waals surface area (Å²) in [6.45, 7) is 31.2. The van der Waals surface area contributed by atoms with Gasteiger partial charge in [-0.3, -0.25) is 63.1 Å². The van der Waals surface area contributed by atoms with E-state index in [4.69, 9.17) is 27.5 Å². The number of nitriles is 3. The number of ketones is 3. The summed E-state index contributed by atoms with van der Waals surface area (Å²) in [6, 6.07) is 11.2. The predicted molar refractivity (Wildman–Crippen MR) is 385 cm³/mol. The van der Waals surface area contributed by atoms with Gasteiger partial charge < -0.3 is 29.6 Å². The molecular formula is C77H83BrN17O9+. The standard InChI is InChI=1S/2C21H19N5O2.C12H7N3O.C9H13BrN2O.C9H14N2O.C5H10O2/c1-11(2)18(21(28)25-9-12(10-25)22-3)26-19-15(8-24-26)13-6-7-23-16-5-4-14(17(13)16)20(19)27;1-11(2)19(21(28)25-8-12(7-22)9-25)26-10-15-13-5-6-23-16-4-3-14(17(13)16)20(27)18(15)24-26;16-12-7-1-2-9-10(7)6(3-4-13-9)8-5-14-15-11(8)12;1-6(2)8(10)9(13)12-4-7(3-11)5-12;1-7(2)3-9(12)11-5-8(4-10)6-11;1-4(2)3-5(6)7/h4,6-8,11-12,18H,5,9-10H2,1-2H3;3,5-6,10-12,19H,4,8-9H2,1-2H3;1,3-5H,2H2,(H,14,15);6-8H,4-5H2,1-2H3;7-8H,3,5-6H2,1-2H3;4H,3H2,1-2H3,(H,6,7)/p+1. The molecule has 6 aromatic heterocycles. The summed E-state index contributed by atoms with van der Waals surface area (Å²) < 4.78 is 3.38. The third kappa shape index (κ3) is 14.6. The van der Waals surface area contributed by atoms with E-state index in [0.29, 0.717) is 112 Å². The van der Waals surface area contributed by atoms with Crippen molar-refractivity contribution in [2.75, 3.05) is 52.4 Å². The number of allylic oxidation sites excluding steroid dienone is 6. The fourth-order valence-electron chi connectivity index (χ4n) is 14.1. The van der Waals surface area contributed by atoms with Gasteiger partial charge in [-0.15, -0.1) is 0 Å². The number of amides is 4. The zero-order valence-corrected chi connectivity index (χ0v) is 61.4. The number of fused-ring (bicyclic) bond motifs is 6. The number of H-pyrrole nitrogens is 2. The average Bonchev–Trinajstić information content (AvgIpc) is 1.58. The number of carbonyl (C=O) groups is 8. The zero-order chi connectivity index (χ0) is 74.9. The molecule has 0 saturated carbocycles. The number of pyridine rings is 3. The second kappa shape index (κ2) is 31.0. The lowest BCUT2D eigenvalue weighted by molar-refractivity contribution is -0.768. The highest BCUT2D eigenvalue weighted by Gasteiger charge is 2.49. The van der Waals surface area contributed by atoms with E-state index >= 15 is 0 Å². The lowest BCUT2D eigenvalue weighted by Crippen LogP contribution is -2.61. The van der Waals surface area contributed by atoms with Gasteiger partial charge in [0, 0.05) is 152 Å². The first-order valence-electron chi connectivity index (χ1n) is 35.2. The Morgan fingerprint density at radius 2 is 1.08 bits per heavy atom. The molecule has 4 fully saturated rings. The van der Waals surface area contributed by atoms with Crippen molar-refractivity contribution >= 4 is 79.6 Å². The topological polar surface area (TPSA) is 350 Å². The van der Waals surface area contributed by atoms with Crippen LogP contribution in [0.2, 0.25) is 0 Å². The Kier molecular flexibility index (Phi) is 22.1. The van der Waals surface area contributed by atoms with Crippen molar-refractivity contribution in [3.05, 3.63) is 136 Å². The first kappa shape index (κ1) is 74.3. The van der Waals surface area contributed by atoms with Crippen LogP contribution < -0.4 is 4.68 Å². The predicted octanol–water partition coefficient (Wildman–Crippen LogP) is 9.21. The summed E-state index contributed by atoms with van der Waals surface area (Å²) >= 11 is 3.35. The van der Waals surface area contributed by atoms with Gasteiger partial charge in [-0.1, -0.05) is 108 Å². The maximum atomic E-state index is 13.3. The number of likely N-dealkylation sites (tertiary alicyclic amines) is 4. The lowest BCUT2D eigenvalue weighted by atomic mass is 9.86. The van der Waals surface area contributed by atoms with Crippen molar-refractivity contribution in [2.24, 2.45) is 47.3 Å². The van der Waals surface area contributed by atoms with Gasteiger partial charge >= 0.3 is 5.97 Å². The summed E-state index contributed by atoms with van der Waals surface area (Å²) in [5.41, 5.74) is 14.8. The highest BCUT2D eigenvalue weighted by molar-refractivity contribution is 9.10. The molecule has 0 bridgehead atoms. The molecule has 6 aliphatic carbocycles. The number of aromatic amines is 2. The van der Waals surface area contributed by atoms with E-state index in [1.165, 1.54) is 0 Å². The number of hydrogen-bond acceptors (Lipinski definition) is 16. The molecule has 3 N–H and O–H groups in total. The molecule has 4 saturated heterocycles. The summed E-state index contributed by atoms with van der Waals surface area (Å²) in [7, 11) is 0. The minimum Gasteiger partial charge on any atom is -0.481 e. The monoisotopic (exact) mass is 1470 g/mol. The smallest absolute Gasteiger partial charge is 0.303 e. The van der Waals surface area contributed by atoms with Crippen LogP contribution >= 0.6 is 15.9 Å². The number of halogens is 1. The first-order valence-corrected chi connectivity index (χ1v) is 36.1. The Balaban J connectivity index is 0.000000132. The minimum absolute atomic E-state index is 0.000445. The number of nitrogens with zero attached hydrogens (tertiary/aromatic N) is 15. The zero-order valence-electron chi connectivity index (χ0n) is 59.8. The molecule has 3 unspecified atom stereocenters.